The number of methoxy groups -OCH3 is 1. The van der Waals surface area contributed by atoms with E-state index >= 15 is 0 Å². The molecule has 2 aromatic carbocycles. The van der Waals surface area contributed by atoms with Crippen molar-refractivity contribution in [2.45, 2.75) is 30.7 Å². The van der Waals surface area contributed by atoms with Gasteiger partial charge in [0.05, 0.1) is 12.7 Å². The van der Waals surface area contributed by atoms with E-state index in [4.69, 9.17) is 18.6 Å². The van der Waals surface area contributed by atoms with Gasteiger partial charge in [0.15, 0.2) is 6.10 Å². The SMILES string of the molecule is COc1cc(O[C@@H]2O[C@H](C(=O)O)[C@@H](O)[C@H](O)[C@H]2O)c2c(=O)c(-c3ccc(O)cc3)coc2c1. The molecule has 11 heteroatoms. The number of aliphatic carboxylic acids is 1. The van der Waals surface area contributed by atoms with E-state index in [0.717, 1.165) is 0 Å². The molecule has 4 rings (SSSR count). The van der Waals surface area contributed by atoms with Gasteiger partial charge in [0.1, 0.15) is 52.8 Å². The molecule has 0 unspecified atom stereocenters. The van der Waals surface area contributed by atoms with Crippen LogP contribution < -0.4 is 14.9 Å². The van der Waals surface area contributed by atoms with Crippen molar-refractivity contribution in [2.75, 3.05) is 7.11 Å². The maximum atomic E-state index is 13.3. The summed E-state index contributed by atoms with van der Waals surface area (Å²) in [4.78, 5) is 24.7. The van der Waals surface area contributed by atoms with Crippen LogP contribution in [0.5, 0.6) is 17.2 Å². The lowest BCUT2D eigenvalue weighted by molar-refractivity contribution is -0.270. The van der Waals surface area contributed by atoms with Crippen LogP contribution in [0.1, 0.15) is 0 Å². The monoisotopic (exact) mass is 460 g/mol. The first-order valence-corrected chi connectivity index (χ1v) is 9.73. The summed E-state index contributed by atoms with van der Waals surface area (Å²) in [6, 6.07) is 8.57. The van der Waals surface area contributed by atoms with Crippen molar-refractivity contribution >= 4 is 16.9 Å². The summed E-state index contributed by atoms with van der Waals surface area (Å²) in [5, 5.41) is 48.9. The Labute approximate surface area is 185 Å². The van der Waals surface area contributed by atoms with Crippen LogP contribution in [0.2, 0.25) is 0 Å². The van der Waals surface area contributed by atoms with Gasteiger partial charge in [0.25, 0.3) is 0 Å². The molecular weight excluding hydrogens is 440 g/mol. The number of phenols is 1. The van der Waals surface area contributed by atoms with E-state index in [0.29, 0.717) is 5.56 Å². The van der Waals surface area contributed by atoms with Crippen molar-refractivity contribution in [3.63, 3.8) is 0 Å². The number of fused-ring (bicyclic) bond motifs is 1. The third kappa shape index (κ3) is 4.10. The van der Waals surface area contributed by atoms with Gasteiger partial charge in [0, 0.05) is 12.1 Å². The molecule has 174 valence electrons. The molecule has 5 atom stereocenters. The Morgan fingerprint density at radius 2 is 1.73 bits per heavy atom. The summed E-state index contributed by atoms with van der Waals surface area (Å²) in [5.74, 6) is -1.52. The molecule has 3 aromatic rings. The van der Waals surface area contributed by atoms with Gasteiger partial charge >= 0.3 is 5.97 Å². The second kappa shape index (κ2) is 8.71. The molecule has 1 saturated heterocycles. The van der Waals surface area contributed by atoms with E-state index in [-0.39, 0.29) is 33.8 Å². The van der Waals surface area contributed by atoms with Gasteiger partial charge in [-0.05, 0) is 17.7 Å². The highest BCUT2D eigenvalue weighted by atomic mass is 16.7. The largest absolute Gasteiger partial charge is 0.508 e. The third-order valence-electron chi connectivity index (χ3n) is 5.29. The number of carbonyl (C=O) groups is 1. The Hall–Kier alpha value is -3.64. The van der Waals surface area contributed by atoms with Crippen LogP contribution >= 0.6 is 0 Å². The van der Waals surface area contributed by atoms with E-state index in [1.165, 1.54) is 49.8 Å². The molecule has 5 N–H and O–H groups in total. The zero-order valence-electron chi connectivity index (χ0n) is 17.1. The van der Waals surface area contributed by atoms with Crippen molar-refractivity contribution in [1.82, 2.24) is 0 Å². The maximum absolute atomic E-state index is 13.3. The van der Waals surface area contributed by atoms with Gasteiger partial charge in [0.2, 0.25) is 11.7 Å². The predicted molar refractivity (Wildman–Crippen MR) is 111 cm³/mol. The zero-order valence-corrected chi connectivity index (χ0v) is 17.1. The van der Waals surface area contributed by atoms with Crippen LogP contribution in [0.4, 0.5) is 0 Å². The van der Waals surface area contributed by atoms with Crippen molar-refractivity contribution in [1.29, 1.82) is 0 Å². The van der Waals surface area contributed by atoms with E-state index in [1.807, 2.05) is 0 Å². The highest BCUT2D eigenvalue weighted by molar-refractivity contribution is 5.88. The van der Waals surface area contributed by atoms with Crippen LogP contribution in [-0.4, -0.2) is 69.3 Å². The van der Waals surface area contributed by atoms with E-state index in [9.17, 15) is 35.1 Å². The summed E-state index contributed by atoms with van der Waals surface area (Å²) in [6.45, 7) is 0. The molecule has 0 bridgehead atoms. The number of rotatable bonds is 5. The number of ether oxygens (including phenoxy) is 3. The number of benzene rings is 2. The second-order valence-electron chi connectivity index (χ2n) is 7.38. The molecule has 1 fully saturated rings. The molecule has 1 aromatic heterocycles. The average Bonchev–Trinajstić information content (AvgIpc) is 2.79. The number of aromatic hydroxyl groups is 1. The first-order valence-electron chi connectivity index (χ1n) is 9.73. The smallest absolute Gasteiger partial charge is 0.335 e. The fraction of sp³-hybridized carbons (Fsp3) is 0.273. The fourth-order valence-electron chi connectivity index (χ4n) is 3.52. The first-order chi connectivity index (χ1) is 15.7. The van der Waals surface area contributed by atoms with Gasteiger partial charge < -0.3 is 44.2 Å². The highest BCUT2D eigenvalue weighted by Crippen LogP contribution is 2.34. The molecule has 0 saturated carbocycles. The summed E-state index contributed by atoms with van der Waals surface area (Å²) < 4.78 is 21.6. The van der Waals surface area contributed by atoms with Crippen molar-refractivity contribution in [3.8, 4) is 28.4 Å². The summed E-state index contributed by atoms with van der Waals surface area (Å²) in [5.41, 5.74) is 0.128. The van der Waals surface area contributed by atoms with Crippen molar-refractivity contribution < 1.29 is 49.0 Å². The third-order valence-corrected chi connectivity index (χ3v) is 5.29. The van der Waals surface area contributed by atoms with Gasteiger partial charge in [-0.25, -0.2) is 4.79 Å². The van der Waals surface area contributed by atoms with E-state index in [2.05, 4.69) is 0 Å². The van der Waals surface area contributed by atoms with Crippen molar-refractivity contribution in [2.24, 2.45) is 0 Å². The van der Waals surface area contributed by atoms with Crippen LogP contribution in [0.15, 0.2) is 51.9 Å². The lowest BCUT2D eigenvalue weighted by atomic mass is 9.99. The van der Waals surface area contributed by atoms with Crippen LogP contribution in [0.3, 0.4) is 0 Å². The Bertz CT molecular complexity index is 1230. The lowest BCUT2D eigenvalue weighted by Gasteiger charge is -2.38. The van der Waals surface area contributed by atoms with Gasteiger partial charge in [-0.3, -0.25) is 4.79 Å². The number of hydrogen-bond acceptors (Lipinski definition) is 10. The topological polar surface area (TPSA) is 176 Å². The molecule has 2 heterocycles. The number of carboxylic acid groups (broad SMARTS) is 1. The number of phenolic OH excluding ortho intramolecular Hbond substituents is 1. The van der Waals surface area contributed by atoms with Crippen molar-refractivity contribution in [3.05, 3.63) is 52.9 Å². The molecule has 0 radical (unpaired) electrons. The van der Waals surface area contributed by atoms with E-state index < -0.39 is 42.1 Å². The molecule has 1 aliphatic heterocycles. The Balaban J connectivity index is 1.82. The average molecular weight is 460 g/mol. The van der Waals surface area contributed by atoms with Gasteiger partial charge in [-0.15, -0.1) is 0 Å². The van der Waals surface area contributed by atoms with E-state index in [1.54, 1.807) is 0 Å². The summed E-state index contributed by atoms with van der Waals surface area (Å²) in [7, 11) is 1.36. The standard InChI is InChI=1S/C22H20O11/c1-30-11-6-13-15(16(24)12(8-31-13)9-2-4-10(23)5-3-9)14(7-11)32-22-19(27)17(25)18(26)20(33-22)21(28)29/h2-8,17-20,22-23,25-27H,1H3,(H,28,29)/t17-,18-,19+,20-,22+/m0/s1. The minimum atomic E-state index is -1.90. The minimum absolute atomic E-state index is 0.00912. The molecular formula is C22H20O11. The zero-order chi connectivity index (χ0) is 23.9. The first kappa shape index (κ1) is 22.6. The Morgan fingerprint density at radius 3 is 2.36 bits per heavy atom. The number of aliphatic hydroxyl groups is 3. The Morgan fingerprint density at radius 1 is 1.03 bits per heavy atom. The van der Waals surface area contributed by atoms with Gasteiger partial charge in [-0.1, -0.05) is 12.1 Å². The predicted octanol–water partition coefficient (Wildman–Crippen LogP) is 0.445. The number of carboxylic acids is 1. The lowest BCUT2D eigenvalue weighted by Crippen LogP contribution is -2.61. The molecule has 0 spiro atoms. The van der Waals surface area contributed by atoms with Crippen LogP contribution in [0, 0.1) is 0 Å². The second-order valence-corrected chi connectivity index (χ2v) is 7.38. The maximum Gasteiger partial charge on any atom is 0.335 e. The summed E-state index contributed by atoms with van der Waals surface area (Å²) >= 11 is 0. The Kier molecular flexibility index (Phi) is 5.95. The minimum Gasteiger partial charge on any atom is -0.508 e. The quantitative estimate of drug-likeness (QED) is 0.357. The van der Waals surface area contributed by atoms with Crippen LogP contribution in [-0.2, 0) is 9.53 Å². The molecule has 11 nitrogen and oxygen atoms in total. The van der Waals surface area contributed by atoms with Crippen LogP contribution in [0.25, 0.3) is 22.1 Å². The fourth-order valence-corrected chi connectivity index (χ4v) is 3.52. The summed E-state index contributed by atoms with van der Waals surface area (Å²) in [6.07, 6.45) is -8.00. The molecule has 0 amide bonds. The molecule has 0 aliphatic carbocycles. The normalized spacial score (nSPS) is 25.0. The number of aliphatic hydroxyl groups excluding tert-OH is 3. The highest BCUT2D eigenvalue weighted by Gasteiger charge is 2.48. The molecule has 33 heavy (non-hydrogen) atoms. The van der Waals surface area contributed by atoms with Gasteiger partial charge in [-0.2, -0.15) is 0 Å². The number of hydrogen-bond donors (Lipinski definition) is 5. The molecule has 1 aliphatic rings.